The third kappa shape index (κ3) is 8.36. The zero-order valence-corrected chi connectivity index (χ0v) is 9.87. The van der Waals surface area contributed by atoms with Gasteiger partial charge in [-0.1, -0.05) is 56.7 Å². The summed E-state index contributed by atoms with van der Waals surface area (Å²) in [5, 5.41) is 0. The van der Waals surface area contributed by atoms with Crippen molar-refractivity contribution in [3.05, 3.63) is 11.1 Å². The highest BCUT2D eigenvalue weighted by Gasteiger charge is 1.96. The lowest BCUT2D eigenvalue weighted by molar-refractivity contribution is 0.660. The molecule has 0 N–H and O–H groups in total. The van der Waals surface area contributed by atoms with Crippen LogP contribution in [-0.4, -0.2) is 0 Å². The van der Waals surface area contributed by atoms with Crippen molar-refractivity contribution in [2.24, 2.45) is 0 Å². The SMILES string of the molecule is CCCCCC(=CCl)CCCCC. The van der Waals surface area contributed by atoms with Gasteiger partial charge in [-0.3, -0.25) is 0 Å². The molecule has 0 heterocycles. The summed E-state index contributed by atoms with van der Waals surface area (Å²) in [6.07, 6.45) is 10.3. The van der Waals surface area contributed by atoms with Gasteiger partial charge < -0.3 is 0 Å². The van der Waals surface area contributed by atoms with Gasteiger partial charge in [-0.25, -0.2) is 0 Å². The highest BCUT2D eigenvalue weighted by molar-refractivity contribution is 6.25. The molecule has 0 saturated carbocycles. The smallest absolute Gasteiger partial charge is 0.00344 e. The minimum atomic E-state index is 1.21. The van der Waals surface area contributed by atoms with Gasteiger partial charge in [-0.2, -0.15) is 0 Å². The number of rotatable bonds is 8. The molecular weight excluding hydrogens is 180 g/mol. The van der Waals surface area contributed by atoms with E-state index in [1.165, 1.54) is 56.9 Å². The summed E-state index contributed by atoms with van der Waals surface area (Å²) < 4.78 is 0. The van der Waals surface area contributed by atoms with E-state index >= 15 is 0 Å². The van der Waals surface area contributed by atoms with Gasteiger partial charge in [0, 0.05) is 5.54 Å². The maximum absolute atomic E-state index is 5.76. The molecule has 0 atom stereocenters. The molecule has 0 fully saturated rings. The molecule has 0 aliphatic rings. The molecule has 0 aromatic rings. The van der Waals surface area contributed by atoms with Gasteiger partial charge in [0.2, 0.25) is 0 Å². The maximum Gasteiger partial charge on any atom is 0.00344 e. The van der Waals surface area contributed by atoms with Crippen LogP contribution in [0.1, 0.15) is 65.2 Å². The van der Waals surface area contributed by atoms with E-state index in [4.69, 9.17) is 11.6 Å². The molecule has 0 unspecified atom stereocenters. The second kappa shape index (κ2) is 10.1. The van der Waals surface area contributed by atoms with E-state index < -0.39 is 0 Å². The van der Waals surface area contributed by atoms with E-state index in [-0.39, 0.29) is 0 Å². The summed E-state index contributed by atoms with van der Waals surface area (Å²) in [6.45, 7) is 4.47. The average Bonchev–Trinajstić information content (AvgIpc) is 2.16. The standard InChI is InChI=1S/C12H23Cl/c1-3-5-7-9-12(11-13)10-8-6-4-2/h11H,3-10H2,1-2H3. The molecule has 0 aliphatic carbocycles. The molecule has 0 saturated heterocycles. The summed E-state index contributed by atoms with van der Waals surface area (Å²) in [5.74, 6) is 0. The van der Waals surface area contributed by atoms with Gasteiger partial charge in [0.25, 0.3) is 0 Å². The summed E-state index contributed by atoms with van der Waals surface area (Å²) in [7, 11) is 0. The molecule has 0 bridgehead atoms. The van der Waals surface area contributed by atoms with Crippen LogP contribution in [0.4, 0.5) is 0 Å². The fourth-order valence-corrected chi connectivity index (χ4v) is 1.66. The zero-order valence-electron chi connectivity index (χ0n) is 9.11. The molecule has 0 amide bonds. The van der Waals surface area contributed by atoms with Crippen LogP contribution in [0.5, 0.6) is 0 Å². The van der Waals surface area contributed by atoms with Crippen molar-refractivity contribution in [3.63, 3.8) is 0 Å². The predicted octanol–water partition coefficient (Wildman–Crippen LogP) is 5.27. The van der Waals surface area contributed by atoms with E-state index in [9.17, 15) is 0 Å². The molecule has 78 valence electrons. The molecule has 0 aromatic heterocycles. The molecule has 0 radical (unpaired) electrons. The van der Waals surface area contributed by atoms with Crippen LogP contribution in [0.3, 0.4) is 0 Å². The maximum atomic E-state index is 5.76. The fourth-order valence-electron chi connectivity index (χ4n) is 1.44. The van der Waals surface area contributed by atoms with Crippen molar-refractivity contribution < 1.29 is 0 Å². The fraction of sp³-hybridized carbons (Fsp3) is 0.833. The van der Waals surface area contributed by atoms with E-state index in [1.54, 1.807) is 5.54 Å². The molecular formula is C12H23Cl. The molecule has 0 nitrogen and oxygen atoms in total. The largest absolute Gasteiger partial charge is 0.0930 e. The Hall–Kier alpha value is 0.0300. The average molecular weight is 203 g/mol. The number of unbranched alkanes of at least 4 members (excludes halogenated alkanes) is 4. The summed E-state index contributed by atoms with van der Waals surface area (Å²) in [6, 6.07) is 0. The number of halogens is 1. The van der Waals surface area contributed by atoms with Crippen molar-refractivity contribution in [3.8, 4) is 0 Å². The Labute approximate surface area is 88.4 Å². The second-order valence-electron chi connectivity index (χ2n) is 3.68. The Kier molecular flexibility index (Phi) is 10.1. The van der Waals surface area contributed by atoms with Crippen molar-refractivity contribution in [2.45, 2.75) is 65.2 Å². The van der Waals surface area contributed by atoms with Gasteiger partial charge in [-0.15, -0.1) is 0 Å². The van der Waals surface area contributed by atoms with Gasteiger partial charge in [0.05, 0.1) is 0 Å². The van der Waals surface area contributed by atoms with Gasteiger partial charge in [0.1, 0.15) is 0 Å². The first-order valence-corrected chi connectivity index (χ1v) is 6.06. The summed E-state index contributed by atoms with van der Waals surface area (Å²) in [5.41, 5.74) is 3.24. The van der Waals surface area contributed by atoms with Crippen molar-refractivity contribution in [1.82, 2.24) is 0 Å². The van der Waals surface area contributed by atoms with Crippen LogP contribution in [0, 0.1) is 0 Å². The van der Waals surface area contributed by atoms with Crippen LogP contribution in [0.2, 0.25) is 0 Å². The topological polar surface area (TPSA) is 0 Å². The van der Waals surface area contributed by atoms with Crippen LogP contribution >= 0.6 is 11.6 Å². The van der Waals surface area contributed by atoms with Gasteiger partial charge >= 0.3 is 0 Å². The summed E-state index contributed by atoms with van der Waals surface area (Å²) >= 11 is 5.76. The van der Waals surface area contributed by atoms with E-state index in [0.29, 0.717) is 0 Å². The third-order valence-corrected chi connectivity index (χ3v) is 2.67. The van der Waals surface area contributed by atoms with E-state index in [0.717, 1.165) is 0 Å². The monoisotopic (exact) mass is 202 g/mol. The lowest BCUT2D eigenvalue weighted by Gasteiger charge is -2.04. The minimum absolute atomic E-state index is 1.21. The van der Waals surface area contributed by atoms with E-state index in [2.05, 4.69) is 13.8 Å². The highest BCUT2D eigenvalue weighted by atomic mass is 35.5. The molecule has 0 spiro atoms. The van der Waals surface area contributed by atoms with Crippen LogP contribution in [-0.2, 0) is 0 Å². The molecule has 0 aliphatic heterocycles. The van der Waals surface area contributed by atoms with Crippen molar-refractivity contribution >= 4 is 11.6 Å². The predicted molar refractivity (Wildman–Crippen MR) is 62.2 cm³/mol. The highest BCUT2D eigenvalue weighted by Crippen LogP contribution is 2.17. The normalized spacial score (nSPS) is 10.1. The van der Waals surface area contributed by atoms with Crippen molar-refractivity contribution in [1.29, 1.82) is 0 Å². The van der Waals surface area contributed by atoms with Gasteiger partial charge in [-0.05, 0) is 25.7 Å². The first-order chi connectivity index (χ1) is 6.35. The Balaban J connectivity index is 3.41. The molecule has 0 rings (SSSR count). The Morgan fingerprint density at radius 3 is 1.69 bits per heavy atom. The molecule has 13 heavy (non-hydrogen) atoms. The Morgan fingerprint density at radius 2 is 1.38 bits per heavy atom. The molecule has 1 heteroatoms. The minimum Gasteiger partial charge on any atom is -0.0930 e. The first-order valence-electron chi connectivity index (χ1n) is 5.63. The molecule has 0 aromatic carbocycles. The summed E-state index contributed by atoms with van der Waals surface area (Å²) in [4.78, 5) is 0. The lowest BCUT2D eigenvalue weighted by Crippen LogP contribution is -1.85. The van der Waals surface area contributed by atoms with Crippen molar-refractivity contribution in [2.75, 3.05) is 0 Å². The zero-order chi connectivity index (χ0) is 9.94. The Morgan fingerprint density at radius 1 is 0.923 bits per heavy atom. The number of allylic oxidation sites excluding steroid dienone is 1. The lowest BCUT2D eigenvalue weighted by atomic mass is 10.0. The van der Waals surface area contributed by atoms with Gasteiger partial charge in [0.15, 0.2) is 0 Å². The Bertz CT molecular complexity index is 115. The van der Waals surface area contributed by atoms with Crippen LogP contribution in [0.15, 0.2) is 11.1 Å². The third-order valence-electron chi connectivity index (χ3n) is 2.36. The van der Waals surface area contributed by atoms with E-state index in [1.807, 2.05) is 0 Å². The van der Waals surface area contributed by atoms with Crippen LogP contribution in [0.25, 0.3) is 0 Å². The second-order valence-corrected chi connectivity index (χ2v) is 3.90. The number of hydrogen-bond donors (Lipinski definition) is 0. The number of hydrogen-bond acceptors (Lipinski definition) is 0. The first kappa shape index (κ1) is 13.0. The quantitative estimate of drug-likeness (QED) is 0.471. The van der Waals surface area contributed by atoms with Crippen LogP contribution < -0.4 is 0 Å².